The van der Waals surface area contributed by atoms with Crippen LogP contribution < -0.4 is 10.1 Å². The minimum atomic E-state index is -2.81. The van der Waals surface area contributed by atoms with Gasteiger partial charge in [0.25, 0.3) is 11.8 Å². The van der Waals surface area contributed by atoms with Crippen LogP contribution in [-0.2, 0) is 0 Å². The number of rotatable bonds is 6. The highest BCUT2D eigenvalue weighted by atomic mass is 19.3. The first kappa shape index (κ1) is 16.7. The Balaban J connectivity index is 1.74. The first-order valence-electron chi connectivity index (χ1n) is 7.42. The van der Waals surface area contributed by atoms with E-state index < -0.39 is 12.3 Å². The number of aromatic nitrogens is 4. The molecule has 0 saturated carbocycles. The number of nitrogens with zero attached hydrogens (tertiary/aromatic N) is 4. The van der Waals surface area contributed by atoms with Gasteiger partial charge in [0.15, 0.2) is 0 Å². The molecule has 0 bridgehead atoms. The number of methoxy groups -OCH3 is 1. The van der Waals surface area contributed by atoms with Crippen molar-refractivity contribution in [3.05, 3.63) is 48.1 Å². The molecule has 2 heterocycles. The number of nitrogens with one attached hydrogen (secondary N) is 1. The predicted octanol–water partition coefficient (Wildman–Crippen LogP) is 3.65. The van der Waals surface area contributed by atoms with Gasteiger partial charge in [-0.15, -0.1) is 10.2 Å². The third-order valence-electron chi connectivity index (χ3n) is 3.48. The third-order valence-corrected chi connectivity index (χ3v) is 3.48. The van der Waals surface area contributed by atoms with E-state index >= 15 is 0 Å². The SMILES string of the molecule is COc1ccccc1C(C)Nc1ncc(-c2nnc(C(F)F)o2)cn1. The Morgan fingerprint density at radius 3 is 2.48 bits per heavy atom. The van der Waals surface area contributed by atoms with Crippen LogP contribution in [0.5, 0.6) is 5.75 Å². The molecule has 0 radical (unpaired) electrons. The zero-order valence-corrected chi connectivity index (χ0v) is 13.5. The smallest absolute Gasteiger partial charge is 0.314 e. The zero-order valence-electron chi connectivity index (χ0n) is 13.5. The molecule has 7 nitrogen and oxygen atoms in total. The fourth-order valence-electron chi connectivity index (χ4n) is 2.25. The molecule has 25 heavy (non-hydrogen) atoms. The molecule has 1 atom stereocenters. The van der Waals surface area contributed by atoms with Gasteiger partial charge in [0.1, 0.15) is 5.75 Å². The van der Waals surface area contributed by atoms with E-state index in [1.54, 1.807) is 7.11 Å². The van der Waals surface area contributed by atoms with Crippen molar-refractivity contribution in [3.63, 3.8) is 0 Å². The molecule has 0 spiro atoms. The van der Waals surface area contributed by atoms with E-state index in [2.05, 4.69) is 25.5 Å². The number of ether oxygens (including phenoxy) is 1. The second-order valence-electron chi connectivity index (χ2n) is 5.15. The Morgan fingerprint density at radius 2 is 1.84 bits per heavy atom. The van der Waals surface area contributed by atoms with E-state index in [9.17, 15) is 8.78 Å². The molecule has 0 aliphatic heterocycles. The maximum absolute atomic E-state index is 12.5. The average molecular weight is 347 g/mol. The molecule has 1 aromatic carbocycles. The molecular formula is C16H15F2N5O2. The second-order valence-corrected chi connectivity index (χ2v) is 5.15. The molecule has 2 aromatic heterocycles. The number of hydrogen-bond acceptors (Lipinski definition) is 7. The highest BCUT2D eigenvalue weighted by Crippen LogP contribution is 2.27. The van der Waals surface area contributed by atoms with Gasteiger partial charge < -0.3 is 14.5 Å². The highest BCUT2D eigenvalue weighted by molar-refractivity contribution is 5.50. The summed E-state index contributed by atoms with van der Waals surface area (Å²) in [5.41, 5.74) is 1.31. The van der Waals surface area contributed by atoms with E-state index in [0.717, 1.165) is 11.3 Å². The Hall–Kier alpha value is -3.10. The molecule has 0 saturated heterocycles. The third kappa shape index (κ3) is 3.70. The van der Waals surface area contributed by atoms with Crippen LogP contribution >= 0.6 is 0 Å². The zero-order chi connectivity index (χ0) is 17.8. The van der Waals surface area contributed by atoms with Crippen LogP contribution in [-0.4, -0.2) is 27.3 Å². The summed E-state index contributed by atoms with van der Waals surface area (Å²) in [6, 6.07) is 7.51. The van der Waals surface area contributed by atoms with E-state index in [1.807, 2.05) is 31.2 Å². The second kappa shape index (κ2) is 7.20. The molecular weight excluding hydrogens is 332 g/mol. The molecule has 0 aliphatic rings. The summed E-state index contributed by atoms with van der Waals surface area (Å²) < 4.78 is 35.2. The van der Waals surface area contributed by atoms with Crippen LogP contribution in [0.2, 0.25) is 0 Å². The monoisotopic (exact) mass is 347 g/mol. The van der Waals surface area contributed by atoms with Gasteiger partial charge in [0, 0.05) is 18.0 Å². The number of para-hydroxylation sites is 1. The van der Waals surface area contributed by atoms with Crippen LogP contribution in [0.15, 0.2) is 41.1 Å². The maximum atomic E-state index is 12.5. The quantitative estimate of drug-likeness (QED) is 0.728. The molecule has 130 valence electrons. The molecule has 0 fully saturated rings. The number of anilines is 1. The lowest BCUT2D eigenvalue weighted by atomic mass is 10.1. The van der Waals surface area contributed by atoms with Crippen molar-refractivity contribution >= 4 is 5.95 Å². The summed E-state index contributed by atoms with van der Waals surface area (Å²) >= 11 is 0. The Labute approximate surface area is 142 Å². The first-order valence-corrected chi connectivity index (χ1v) is 7.42. The minimum Gasteiger partial charge on any atom is -0.496 e. The van der Waals surface area contributed by atoms with Gasteiger partial charge in [-0.1, -0.05) is 18.2 Å². The fourth-order valence-corrected chi connectivity index (χ4v) is 2.25. The molecule has 1 N–H and O–H groups in total. The largest absolute Gasteiger partial charge is 0.496 e. The summed E-state index contributed by atoms with van der Waals surface area (Å²) in [5.74, 6) is 0.335. The van der Waals surface area contributed by atoms with Crippen molar-refractivity contribution in [3.8, 4) is 17.2 Å². The van der Waals surface area contributed by atoms with E-state index in [4.69, 9.17) is 9.15 Å². The van der Waals surface area contributed by atoms with Crippen LogP contribution in [0.4, 0.5) is 14.7 Å². The number of benzene rings is 1. The van der Waals surface area contributed by atoms with Crippen LogP contribution in [0.25, 0.3) is 11.5 Å². The van der Waals surface area contributed by atoms with Crippen LogP contribution in [0, 0.1) is 0 Å². The Kier molecular flexibility index (Phi) is 4.82. The predicted molar refractivity (Wildman–Crippen MR) is 85.3 cm³/mol. The average Bonchev–Trinajstić information content (AvgIpc) is 3.12. The van der Waals surface area contributed by atoms with Gasteiger partial charge in [-0.3, -0.25) is 0 Å². The van der Waals surface area contributed by atoms with Crippen molar-refractivity contribution < 1.29 is 17.9 Å². The summed E-state index contributed by atoms with van der Waals surface area (Å²) in [5, 5.41) is 9.97. The van der Waals surface area contributed by atoms with Crippen molar-refractivity contribution in [2.24, 2.45) is 0 Å². The molecule has 1 unspecified atom stereocenters. The van der Waals surface area contributed by atoms with Crippen molar-refractivity contribution in [1.82, 2.24) is 20.2 Å². The Morgan fingerprint density at radius 1 is 1.12 bits per heavy atom. The van der Waals surface area contributed by atoms with Crippen molar-refractivity contribution in [2.75, 3.05) is 12.4 Å². The molecule has 9 heteroatoms. The summed E-state index contributed by atoms with van der Waals surface area (Å²) in [7, 11) is 1.61. The van der Waals surface area contributed by atoms with Crippen molar-refractivity contribution in [1.29, 1.82) is 0 Å². The van der Waals surface area contributed by atoms with Gasteiger partial charge in [0.2, 0.25) is 5.95 Å². The van der Waals surface area contributed by atoms with Crippen LogP contribution in [0.1, 0.15) is 30.8 Å². The lowest BCUT2D eigenvalue weighted by molar-refractivity contribution is 0.116. The number of halogens is 2. The van der Waals surface area contributed by atoms with Gasteiger partial charge >= 0.3 is 6.43 Å². The van der Waals surface area contributed by atoms with Gasteiger partial charge in [-0.25, -0.2) is 9.97 Å². The molecule has 3 aromatic rings. The first-order chi connectivity index (χ1) is 12.1. The van der Waals surface area contributed by atoms with E-state index in [0.29, 0.717) is 11.5 Å². The highest BCUT2D eigenvalue weighted by Gasteiger charge is 2.18. The number of alkyl halides is 2. The fraction of sp³-hybridized carbons (Fsp3) is 0.250. The number of hydrogen-bond donors (Lipinski definition) is 1. The molecule has 0 aliphatic carbocycles. The van der Waals surface area contributed by atoms with Gasteiger partial charge in [-0.2, -0.15) is 8.78 Å². The Bertz CT molecular complexity index is 839. The van der Waals surface area contributed by atoms with E-state index in [1.165, 1.54) is 12.4 Å². The molecule has 3 rings (SSSR count). The lowest BCUT2D eigenvalue weighted by Gasteiger charge is -2.17. The van der Waals surface area contributed by atoms with Gasteiger partial charge in [0.05, 0.1) is 18.7 Å². The molecule has 0 amide bonds. The van der Waals surface area contributed by atoms with Crippen LogP contribution in [0.3, 0.4) is 0 Å². The minimum absolute atomic E-state index is 0.0559. The normalized spacial score (nSPS) is 12.2. The summed E-state index contributed by atoms with van der Waals surface area (Å²) in [4.78, 5) is 8.30. The van der Waals surface area contributed by atoms with Crippen molar-refractivity contribution in [2.45, 2.75) is 19.4 Å². The van der Waals surface area contributed by atoms with E-state index in [-0.39, 0.29) is 11.9 Å². The summed E-state index contributed by atoms with van der Waals surface area (Å²) in [6.07, 6.45) is 0.0323. The standard InChI is InChI=1S/C16H15F2N5O2/c1-9(11-5-3-4-6-12(11)24-2)21-16-19-7-10(8-20-16)14-22-23-15(25-14)13(17)18/h3-9,13H,1-2H3,(H,19,20,21). The van der Waals surface area contributed by atoms with Gasteiger partial charge in [-0.05, 0) is 13.0 Å². The topological polar surface area (TPSA) is 86.0 Å². The lowest BCUT2D eigenvalue weighted by Crippen LogP contribution is -2.10. The summed E-state index contributed by atoms with van der Waals surface area (Å²) in [6.45, 7) is 1.95. The maximum Gasteiger partial charge on any atom is 0.314 e.